The molecule has 178 valence electrons. The minimum absolute atomic E-state index is 0.0318. The number of nitrogens with one attached hydrogen (secondary N) is 4. The van der Waals surface area contributed by atoms with Crippen molar-refractivity contribution in [3.05, 3.63) is 0 Å². The number of methoxy groups -OCH3 is 1. The van der Waals surface area contributed by atoms with Crippen molar-refractivity contribution in [2.24, 2.45) is 22.7 Å². The highest BCUT2D eigenvalue weighted by molar-refractivity contribution is 6.20. The van der Waals surface area contributed by atoms with Crippen molar-refractivity contribution in [2.75, 3.05) is 13.7 Å². The van der Waals surface area contributed by atoms with Crippen molar-refractivity contribution in [1.82, 2.24) is 21.5 Å². The lowest BCUT2D eigenvalue weighted by molar-refractivity contribution is -0.185. The van der Waals surface area contributed by atoms with Gasteiger partial charge < -0.3 is 10.1 Å². The number of rotatable bonds is 5. The first kappa shape index (κ1) is 24.5. The number of alkyl halides is 4. The largest absolute Gasteiger partial charge is 0.391 e. The van der Waals surface area contributed by atoms with Gasteiger partial charge in [-0.1, -0.05) is 0 Å². The van der Waals surface area contributed by atoms with E-state index in [9.17, 15) is 18.0 Å². The highest BCUT2D eigenvalue weighted by Gasteiger charge is 2.48. The van der Waals surface area contributed by atoms with Gasteiger partial charge in [-0.05, 0) is 51.9 Å². The van der Waals surface area contributed by atoms with Crippen LogP contribution in [0, 0.1) is 17.8 Å². The molecule has 1 aliphatic heterocycles. The standard InChI is InChI=1S/C20H33ClF3N5O2/c1-11(10-31-2)25-19(27-18(30)12-3-6-14(21)7-4-12)26-17-15-8-5-13(20(22,23)24)9-16(15)28-29-17/h11-17,28-29H,3-10H2,1-2H3,(H2,25,26,27,30)/t11-,12?,13?,14?,15?,16?,17?/m0/s1. The number of carbonyl (C=O) groups is 1. The van der Waals surface area contributed by atoms with E-state index in [1.165, 1.54) is 0 Å². The summed E-state index contributed by atoms with van der Waals surface area (Å²) in [5, 5.41) is 6.19. The molecule has 0 spiro atoms. The first-order valence-electron chi connectivity index (χ1n) is 11.0. The summed E-state index contributed by atoms with van der Waals surface area (Å²) in [6.07, 6.45) is -0.989. The quantitative estimate of drug-likeness (QED) is 0.284. The number of aliphatic imine (C=N–C) groups is 1. The molecule has 2 saturated carbocycles. The number of carbonyl (C=O) groups excluding carboxylic acids is 1. The van der Waals surface area contributed by atoms with E-state index in [2.05, 4.69) is 26.5 Å². The maximum absolute atomic E-state index is 13.1. The number of fused-ring (bicyclic) bond motifs is 1. The van der Waals surface area contributed by atoms with Gasteiger partial charge in [0.2, 0.25) is 5.91 Å². The second-order valence-corrected chi connectivity index (χ2v) is 9.59. The van der Waals surface area contributed by atoms with E-state index in [0.29, 0.717) is 19.0 Å². The SMILES string of the molecule is COC[C@H](C)N/C(=N\C1NNC2CC(C(F)(F)F)CCC21)NC(=O)C1CCC(Cl)CC1. The van der Waals surface area contributed by atoms with Crippen LogP contribution >= 0.6 is 11.6 Å². The third-order valence-corrected chi connectivity index (χ3v) is 6.96. The van der Waals surface area contributed by atoms with E-state index in [1.807, 2.05) is 6.92 Å². The molecular formula is C20H33ClF3N5O2. The molecule has 1 amide bonds. The number of hydrogen-bond donors (Lipinski definition) is 4. The molecule has 4 unspecified atom stereocenters. The molecule has 0 aromatic carbocycles. The van der Waals surface area contributed by atoms with Gasteiger partial charge in [0, 0.05) is 36.4 Å². The second-order valence-electron chi connectivity index (χ2n) is 8.97. The van der Waals surface area contributed by atoms with Gasteiger partial charge in [0.1, 0.15) is 6.17 Å². The van der Waals surface area contributed by atoms with E-state index in [4.69, 9.17) is 16.3 Å². The van der Waals surface area contributed by atoms with Crippen molar-refractivity contribution in [1.29, 1.82) is 0 Å². The number of amides is 1. The Morgan fingerprint density at radius 2 is 1.90 bits per heavy atom. The number of hydrazine groups is 1. The number of guanidine groups is 1. The zero-order chi connectivity index (χ0) is 22.6. The Morgan fingerprint density at radius 3 is 2.55 bits per heavy atom. The highest BCUT2D eigenvalue weighted by Crippen LogP contribution is 2.42. The molecule has 2 aliphatic carbocycles. The Labute approximate surface area is 186 Å². The Bertz CT molecular complexity index is 643. The number of nitrogens with zero attached hydrogens (tertiary/aromatic N) is 1. The fraction of sp³-hybridized carbons (Fsp3) is 0.900. The predicted octanol–water partition coefficient (Wildman–Crippen LogP) is 2.66. The van der Waals surface area contributed by atoms with Crippen molar-refractivity contribution in [3.63, 3.8) is 0 Å². The third kappa shape index (κ3) is 6.69. The molecule has 1 saturated heterocycles. The van der Waals surface area contributed by atoms with E-state index in [1.54, 1.807) is 7.11 Å². The van der Waals surface area contributed by atoms with Crippen LogP contribution in [-0.2, 0) is 9.53 Å². The Balaban J connectivity index is 1.66. The van der Waals surface area contributed by atoms with Gasteiger partial charge in [-0.15, -0.1) is 11.6 Å². The molecule has 31 heavy (non-hydrogen) atoms. The first-order valence-corrected chi connectivity index (χ1v) is 11.5. The second kappa shape index (κ2) is 10.7. The molecule has 3 aliphatic rings. The number of halogens is 4. The molecule has 0 aromatic rings. The fourth-order valence-corrected chi connectivity index (χ4v) is 5.02. The van der Waals surface area contributed by atoms with Crippen LogP contribution in [0.4, 0.5) is 13.2 Å². The maximum atomic E-state index is 13.1. The topological polar surface area (TPSA) is 86.8 Å². The first-order chi connectivity index (χ1) is 14.7. The Kier molecular flexibility index (Phi) is 8.45. The maximum Gasteiger partial charge on any atom is 0.391 e. The predicted molar refractivity (Wildman–Crippen MR) is 112 cm³/mol. The van der Waals surface area contributed by atoms with Gasteiger partial charge in [0.15, 0.2) is 5.96 Å². The fourth-order valence-electron chi connectivity index (χ4n) is 4.77. The summed E-state index contributed by atoms with van der Waals surface area (Å²) < 4.78 is 44.5. The lowest BCUT2D eigenvalue weighted by atomic mass is 9.78. The minimum atomic E-state index is -4.17. The molecule has 4 N–H and O–H groups in total. The third-order valence-electron chi connectivity index (χ3n) is 6.53. The molecule has 0 bridgehead atoms. The molecule has 11 heteroatoms. The van der Waals surface area contributed by atoms with Gasteiger partial charge in [0.05, 0.1) is 12.5 Å². The van der Waals surface area contributed by atoms with Gasteiger partial charge in [-0.3, -0.25) is 15.5 Å². The summed E-state index contributed by atoms with van der Waals surface area (Å²) in [5.41, 5.74) is 6.00. The molecule has 5 atom stereocenters. The van der Waals surface area contributed by atoms with E-state index >= 15 is 0 Å². The van der Waals surface area contributed by atoms with Crippen molar-refractivity contribution in [2.45, 2.75) is 81.7 Å². The van der Waals surface area contributed by atoms with Gasteiger partial charge in [0.25, 0.3) is 0 Å². The van der Waals surface area contributed by atoms with Gasteiger partial charge >= 0.3 is 6.18 Å². The van der Waals surface area contributed by atoms with Gasteiger partial charge in [-0.25, -0.2) is 10.4 Å². The summed E-state index contributed by atoms with van der Waals surface area (Å²) in [6.45, 7) is 2.32. The summed E-state index contributed by atoms with van der Waals surface area (Å²) in [4.78, 5) is 17.5. The van der Waals surface area contributed by atoms with E-state index in [0.717, 1.165) is 25.7 Å². The summed E-state index contributed by atoms with van der Waals surface area (Å²) in [6, 6.07) is -0.407. The van der Waals surface area contributed by atoms with Crippen LogP contribution in [0.15, 0.2) is 4.99 Å². The van der Waals surface area contributed by atoms with Crippen molar-refractivity contribution in [3.8, 4) is 0 Å². The van der Waals surface area contributed by atoms with Crippen LogP contribution in [0.5, 0.6) is 0 Å². The number of ether oxygens (including phenoxy) is 1. The van der Waals surface area contributed by atoms with Crippen LogP contribution in [0.3, 0.4) is 0 Å². The molecular weight excluding hydrogens is 435 g/mol. The normalized spacial score (nSPS) is 35.4. The monoisotopic (exact) mass is 467 g/mol. The summed E-state index contributed by atoms with van der Waals surface area (Å²) in [5.74, 6) is -1.27. The van der Waals surface area contributed by atoms with Crippen LogP contribution in [0.1, 0.15) is 51.9 Å². The minimum Gasteiger partial charge on any atom is -0.383 e. The zero-order valence-corrected chi connectivity index (χ0v) is 18.7. The van der Waals surface area contributed by atoms with Crippen molar-refractivity contribution >= 4 is 23.5 Å². The zero-order valence-electron chi connectivity index (χ0n) is 18.0. The lowest BCUT2D eigenvalue weighted by Crippen LogP contribution is -2.49. The van der Waals surface area contributed by atoms with E-state index in [-0.39, 0.29) is 48.0 Å². The molecule has 7 nitrogen and oxygen atoms in total. The van der Waals surface area contributed by atoms with E-state index < -0.39 is 18.3 Å². The molecule has 1 heterocycles. The van der Waals surface area contributed by atoms with Gasteiger partial charge in [-0.2, -0.15) is 13.2 Å². The lowest BCUT2D eigenvalue weighted by Gasteiger charge is -2.33. The highest BCUT2D eigenvalue weighted by atomic mass is 35.5. The molecule has 3 rings (SSSR count). The summed E-state index contributed by atoms with van der Waals surface area (Å²) >= 11 is 6.15. The summed E-state index contributed by atoms with van der Waals surface area (Å²) in [7, 11) is 1.59. The van der Waals surface area contributed by atoms with Crippen LogP contribution in [0.2, 0.25) is 0 Å². The average Bonchev–Trinajstić information content (AvgIpc) is 3.10. The average molecular weight is 468 g/mol. The molecule has 0 aromatic heterocycles. The Morgan fingerprint density at radius 1 is 1.19 bits per heavy atom. The molecule has 0 radical (unpaired) electrons. The Hall–Kier alpha value is -1.10. The molecule has 3 fully saturated rings. The van der Waals surface area contributed by atoms with Crippen molar-refractivity contribution < 1.29 is 22.7 Å². The van der Waals surface area contributed by atoms with Crippen LogP contribution in [0.25, 0.3) is 0 Å². The van der Waals surface area contributed by atoms with Crippen LogP contribution < -0.4 is 21.5 Å². The smallest absolute Gasteiger partial charge is 0.383 e. The number of hydrogen-bond acceptors (Lipinski definition) is 5. The van der Waals surface area contributed by atoms with Crippen LogP contribution in [-0.4, -0.2) is 55.4 Å².